The van der Waals surface area contributed by atoms with Gasteiger partial charge in [0.2, 0.25) is 0 Å². The molecule has 1 N–H and O–H groups in total. The fraction of sp³-hybridized carbons (Fsp3) is 0.455. The highest BCUT2D eigenvalue weighted by Crippen LogP contribution is 2.22. The van der Waals surface area contributed by atoms with Crippen molar-refractivity contribution in [2.75, 3.05) is 0 Å². The average Bonchev–Trinajstić information content (AvgIpc) is 3.51. The molecule has 0 fully saturated rings. The van der Waals surface area contributed by atoms with Crippen molar-refractivity contribution < 1.29 is 13.9 Å². The Bertz CT molecular complexity index is 1340. The van der Waals surface area contributed by atoms with E-state index in [0.717, 1.165) is 19.3 Å². The van der Waals surface area contributed by atoms with E-state index in [0.29, 0.717) is 53.2 Å². The van der Waals surface area contributed by atoms with E-state index in [4.69, 9.17) is 8.83 Å². The highest BCUT2D eigenvalue weighted by Gasteiger charge is 2.23. The zero-order valence-corrected chi connectivity index (χ0v) is 18.5. The van der Waals surface area contributed by atoms with Crippen LogP contribution in [0, 0.1) is 6.92 Å². The van der Waals surface area contributed by atoms with Crippen LogP contribution in [0.5, 0.6) is 0 Å². The molecular formula is C22H27N5O5. The van der Waals surface area contributed by atoms with E-state index >= 15 is 0 Å². The fourth-order valence-corrected chi connectivity index (χ4v) is 3.81. The summed E-state index contributed by atoms with van der Waals surface area (Å²) < 4.78 is 15.4. The summed E-state index contributed by atoms with van der Waals surface area (Å²) in [5.41, 5.74) is 0.194. The maximum atomic E-state index is 13.5. The molecule has 4 aromatic heterocycles. The first kappa shape index (κ1) is 21.8. The van der Waals surface area contributed by atoms with Crippen LogP contribution in [0.1, 0.15) is 50.4 Å². The van der Waals surface area contributed by atoms with Gasteiger partial charge < -0.3 is 18.5 Å². The Hall–Kier alpha value is -3.40. The number of aliphatic hydroxyl groups is 1. The van der Waals surface area contributed by atoms with Gasteiger partial charge in [0, 0.05) is 13.1 Å². The van der Waals surface area contributed by atoms with Crippen molar-refractivity contribution in [3.63, 3.8) is 0 Å². The van der Waals surface area contributed by atoms with Crippen LogP contribution < -0.4 is 11.2 Å². The number of imidazole rings is 1. The lowest BCUT2D eigenvalue weighted by molar-refractivity contribution is 0.265. The molecule has 0 saturated heterocycles. The maximum Gasteiger partial charge on any atom is 0.333 e. The third-order valence-electron chi connectivity index (χ3n) is 5.45. The van der Waals surface area contributed by atoms with Crippen LogP contribution in [0.3, 0.4) is 0 Å². The van der Waals surface area contributed by atoms with Gasteiger partial charge in [-0.1, -0.05) is 20.3 Å². The van der Waals surface area contributed by atoms with Gasteiger partial charge >= 0.3 is 5.69 Å². The van der Waals surface area contributed by atoms with Gasteiger partial charge in [-0.2, -0.15) is 0 Å². The van der Waals surface area contributed by atoms with Crippen LogP contribution in [0.25, 0.3) is 22.8 Å². The third-order valence-corrected chi connectivity index (χ3v) is 5.45. The van der Waals surface area contributed by atoms with Crippen LogP contribution in [0.4, 0.5) is 0 Å². The minimum Gasteiger partial charge on any atom is -0.459 e. The van der Waals surface area contributed by atoms with E-state index in [1.54, 1.807) is 23.6 Å². The second-order valence-electron chi connectivity index (χ2n) is 7.69. The van der Waals surface area contributed by atoms with Crippen LogP contribution >= 0.6 is 0 Å². The molecule has 10 heteroatoms. The molecule has 170 valence electrons. The molecule has 0 atom stereocenters. The van der Waals surface area contributed by atoms with E-state index in [1.165, 1.54) is 15.4 Å². The predicted molar refractivity (Wildman–Crippen MR) is 117 cm³/mol. The van der Waals surface area contributed by atoms with Gasteiger partial charge in [0.1, 0.15) is 23.9 Å². The number of nitrogens with zero attached hydrogens (tertiary/aromatic N) is 5. The summed E-state index contributed by atoms with van der Waals surface area (Å²) in [5, 5.41) is 9.80. The first-order valence-corrected chi connectivity index (χ1v) is 10.8. The molecule has 0 aliphatic rings. The van der Waals surface area contributed by atoms with Crippen molar-refractivity contribution in [3.05, 3.63) is 56.5 Å². The summed E-state index contributed by atoms with van der Waals surface area (Å²) in [6, 6.07) is 3.46. The molecule has 4 rings (SSSR count). The number of rotatable bonds is 9. The molecule has 0 aliphatic heterocycles. The van der Waals surface area contributed by atoms with Gasteiger partial charge in [0.05, 0.1) is 12.8 Å². The smallest absolute Gasteiger partial charge is 0.333 e. The third kappa shape index (κ3) is 3.70. The molecule has 4 aromatic rings. The number of fused-ring (bicyclic) bond motifs is 1. The number of unbranched alkanes of at least 4 members (excludes halogenated alkanes) is 1. The SMILES string of the molecule is CCCCn1c(=O)n(Cc2nc(-c3ccco3)oc2C)c(=O)c2c1nc(CO)n2CCC. The Morgan fingerprint density at radius 1 is 1.06 bits per heavy atom. The quantitative estimate of drug-likeness (QED) is 0.424. The zero-order chi connectivity index (χ0) is 22.8. The van der Waals surface area contributed by atoms with E-state index in [2.05, 4.69) is 9.97 Å². The van der Waals surface area contributed by atoms with Crippen LogP contribution in [-0.4, -0.2) is 28.8 Å². The minimum absolute atomic E-state index is 0.0401. The molecule has 0 aromatic carbocycles. The highest BCUT2D eigenvalue weighted by atomic mass is 16.4. The van der Waals surface area contributed by atoms with Crippen molar-refractivity contribution in [1.82, 2.24) is 23.7 Å². The topological polar surface area (TPSA) is 121 Å². The Kier molecular flexibility index (Phi) is 6.13. The largest absolute Gasteiger partial charge is 0.459 e. The first-order valence-electron chi connectivity index (χ1n) is 10.8. The van der Waals surface area contributed by atoms with Gasteiger partial charge in [-0.15, -0.1) is 0 Å². The van der Waals surface area contributed by atoms with E-state index in [1.807, 2.05) is 13.8 Å². The number of oxazole rings is 1. The van der Waals surface area contributed by atoms with Gasteiger partial charge in [-0.3, -0.25) is 13.9 Å². The summed E-state index contributed by atoms with van der Waals surface area (Å²) >= 11 is 0. The van der Waals surface area contributed by atoms with Crippen molar-refractivity contribution in [1.29, 1.82) is 0 Å². The van der Waals surface area contributed by atoms with Gasteiger partial charge in [-0.25, -0.2) is 14.8 Å². The zero-order valence-electron chi connectivity index (χ0n) is 18.5. The molecular weight excluding hydrogens is 414 g/mol. The lowest BCUT2D eigenvalue weighted by Crippen LogP contribution is -2.41. The van der Waals surface area contributed by atoms with E-state index < -0.39 is 11.2 Å². The number of aromatic nitrogens is 5. The average molecular weight is 441 g/mol. The Balaban J connectivity index is 1.90. The standard InChI is InChI=1S/C22H27N5O5/c1-4-6-10-26-19-18(25(9-5-2)17(13-28)24-19)21(29)27(22(26)30)12-15-14(3)32-20(23-15)16-8-7-11-31-16/h7-8,11,28H,4-6,9-10,12-13H2,1-3H3. The van der Waals surface area contributed by atoms with Crippen molar-refractivity contribution >= 4 is 11.2 Å². The number of hydrogen-bond donors (Lipinski definition) is 1. The van der Waals surface area contributed by atoms with Gasteiger partial charge in [-0.05, 0) is 31.9 Å². The molecule has 0 saturated carbocycles. The second-order valence-corrected chi connectivity index (χ2v) is 7.69. The number of aliphatic hydroxyl groups excluding tert-OH is 1. The van der Waals surface area contributed by atoms with E-state index in [-0.39, 0.29) is 13.2 Å². The van der Waals surface area contributed by atoms with Crippen LogP contribution in [0.15, 0.2) is 36.8 Å². The molecule has 0 amide bonds. The molecule has 32 heavy (non-hydrogen) atoms. The lowest BCUT2D eigenvalue weighted by Gasteiger charge is -2.12. The van der Waals surface area contributed by atoms with Crippen molar-refractivity contribution in [2.45, 2.75) is 66.3 Å². The second kappa shape index (κ2) is 8.99. The predicted octanol–water partition coefficient (Wildman–Crippen LogP) is 2.67. The van der Waals surface area contributed by atoms with Crippen molar-refractivity contribution in [3.8, 4) is 11.7 Å². The van der Waals surface area contributed by atoms with Crippen molar-refractivity contribution in [2.24, 2.45) is 0 Å². The summed E-state index contributed by atoms with van der Waals surface area (Å²) in [6.45, 7) is 6.33. The number of aryl methyl sites for hydroxylation is 3. The Morgan fingerprint density at radius 3 is 2.53 bits per heavy atom. The molecule has 0 radical (unpaired) electrons. The van der Waals surface area contributed by atoms with Crippen LogP contribution in [0.2, 0.25) is 0 Å². The molecule has 10 nitrogen and oxygen atoms in total. The molecule has 4 heterocycles. The Labute approximate surface area is 183 Å². The Morgan fingerprint density at radius 2 is 1.88 bits per heavy atom. The number of hydrogen-bond acceptors (Lipinski definition) is 7. The van der Waals surface area contributed by atoms with Crippen LogP contribution in [-0.2, 0) is 26.2 Å². The fourth-order valence-electron chi connectivity index (χ4n) is 3.81. The summed E-state index contributed by atoms with van der Waals surface area (Å²) in [4.78, 5) is 35.7. The highest BCUT2D eigenvalue weighted by molar-refractivity contribution is 5.71. The molecule has 0 unspecified atom stereocenters. The first-order chi connectivity index (χ1) is 15.5. The monoisotopic (exact) mass is 441 g/mol. The summed E-state index contributed by atoms with van der Waals surface area (Å²) in [6.07, 6.45) is 3.91. The lowest BCUT2D eigenvalue weighted by atomic mass is 10.3. The number of furan rings is 1. The molecule has 0 bridgehead atoms. The summed E-state index contributed by atoms with van der Waals surface area (Å²) in [7, 11) is 0. The molecule has 0 aliphatic carbocycles. The normalized spacial score (nSPS) is 11.6. The minimum atomic E-state index is -0.458. The van der Waals surface area contributed by atoms with Gasteiger partial charge in [0.15, 0.2) is 16.9 Å². The molecule has 0 spiro atoms. The summed E-state index contributed by atoms with van der Waals surface area (Å²) in [5.74, 6) is 1.64. The van der Waals surface area contributed by atoms with Gasteiger partial charge in [0.25, 0.3) is 11.4 Å². The maximum absolute atomic E-state index is 13.5. The van der Waals surface area contributed by atoms with E-state index in [9.17, 15) is 14.7 Å².